The molecule has 1 atom stereocenters. The normalized spacial score (nSPS) is 13.4. The zero-order chi connectivity index (χ0) is 11.5. The molecule has 0 aliphatic carbocycles. The SMILES string of the molecule is CCNC(CCO)CN(C)CCCOC. The molecule has 0 aliphatic heterocycles. The van der Waals surface area contributed by atoms with Crippen molar-refractivity contribution in [3.63, 3.8) is 0 Å². The summed E-state index contributed by atoms with van der Waals surface area (Å²) in [7, 11) is 3.84. The van der Waals surface area contributed by atoms with Gasteiger partial charge in [-0.05, 0) is 26.4 Å². The van der Waals surface area contributed by atoms with Crippen molar-refractivity contribution in [3.8, 4) is 0 Å². The Balaban J connectivity index is 3.62. The number of aliphatic hydroxyl groups excluding tert-OH is 1. The molecule has 0 aliphatic rings. The van der Waals surface area contributed by atoms with Gasteiger partial charge in [0, 0.05) is 39.5 Å². The summed E-state index contributed by atoms with van der Waals surface area (Å²) in [5.41, 5.74) is 0. The summed E-state index contributed by atoms with van der Waals surface area (Å²) in [6.07, 6.45) is 1.88. The van der Waals surface area contributed by atoms with Crippen molar-refractivity contribution in [3.05, 3.63) is 0 Å². The van der Waals surface area contributed by atoms with E-state index < -0.39 is 0 Å². The predicted molar refractivity (Wildman–Crippen MR) is 63.2 cm³/mol. The van der Waals surface area contributed by atoms with Crippen molar-refractivity contribution in [2.45, 2.75) is 25.8 Å². The second kappa shape index (κ2) is 10.4. The van der Waals surface area contributed by atoms with Crippen LogP contribution >= 0.6 is 0 Å². The fourth-order valence-electron chi connectivity index (χ4n) is 1.65. The van der Waals surface area contributed by atoms with Crippen molar-refractivity contribution in [2.24, 2.45) is 0 Å². The molecule has 0 saturated heterocycles. The van der Waals surface area contributed by atoms with E-state index in [1.807, 2.05) is 0 Å². The molecule has 0 rings (SSSR count). The first-order valence-corrected chi connectivity index (χ1v) is 5.76. The predicted octanol–water partition coefficient (Wildman–Crippen LogP) is 0.315. The summed E-state index contributed by atoms with van der Waals surface area (Å²) < 4.78 is 5.01. The van der Waals surface area contributed by atoms with Crippen LogP contribution in [0.4, 0.5) is 0 Å². The number of nitrogens with zero attached hydrogens (tertiary/aromatic N) is 1. The molecule has 4 nitrogen and oxygen atoms in total. The van der Waals surface area contributed by atoms with Crippen LogP contribution in [0.1, 0.15) is 19.8 Å². The molecule has 15 heavy (non-hydrogen) atoms. The molecule has 4 heteroatoms. The third-order valence-electron chi connectivity index (χ3n) is 2.39. The summed E-state index contributed by atoms with van der Waals surface area (Å²) >= 11 is 0. The van der Waals surface area contributed by atoms with Gasteiger partial charge in [0.15, 0.2) is 0 Å². The first-order chi connectivity index (χ1) is 7.24. The Morgan fingerprint density at radius 3 is 2.73 bits per heavy atom. The highest BCUT2D eigenvalue weighted by Gasteiger charge is 2.09. The van der Waals surface area contributed by atoms with Gasteiger partial charge in [-0.3, -0.25) is 0 Å². The lowest BCUT2D eigenvalue weighted by molar-refractivity contribution is 0.172. The number of likely N-dealkylation sites (N-methyl/N-ethyl adjacent to an activating group) is 2. The van der Waals surface area contributed by atoms with Crippen molar-refractivity contribution >= 4 is 0 Å². The third kappa shape index (κ3) is 8.81. The van der Waals surface area contributed by atoms with Gasteiger partial charge < -0.3 is 20.1 Å². The molecule has 0 amide bonds. The van der Waals surface area contributed by atoms with E-state index in [9.17, 15) is 0 Å². The second-order valence-electron chi connectivity index (χ2n) is 3.88. The van der Waals surface area contributed by atoms with E-state index in [2.05, 4.69) is 24.2 Å². The van der Waals surface area contributed by atoms with Gasteiger partial charge in [-0.25, -0.2) is 0 Å². The summed E-state index contributed by atoms with van der Waals surface area (Å²) in [5.74, 6) is 0. The molecule has 0 aromatic rings. The zero-order valence-electron chi connectivity index (χ0n) is 10.3. The maximum atomic E-state index is 8.91. The largest absolute Gasteiger partial charge is 0.396 e. The van der Waals surface area contributed by atoms with E-state index in [-0.39, 0.29) is 6.61 Å². The molecule has 0 bridgehead atoms. The first kappa shape index (κ1) is 14.8. The topological polar surface area (TPSA) is 44.7 Å². The number of nitrogens with one attached hydrogen (secondary N) is 1. The fourth-order valence-corrected chi connectivity index (χ4v) is 1.65. The van der Waals surface area contributed by atoms with Crippen LogP contribution in [0.25, 0.3) is 0 Å². The summed E-state index contributed by atoms with van der Waals surface area (Å²) in [4.78, 5) is 2.28. The number of hydrogen-bond donors (Lipinski definition) is 2. The van der Waals surface area contributed by atoms with E-state index in [4.69, 9.17) is 9.84 Å². The molecule has 92 valence electrons. The van der Waals surface area contributed by atoms with Crippen molar-refractivity contribution in [1.29, 1.82) is 0 Å². The van der Waals surface area contributed by atoms with Crippen LogP contribution in [0.5, 0.6) is 0 Å². The Labute approximate surface area is 93.6 Å². The average Bonchev–Trinajstić information content (AvgIpc) is 2.19. The van der Waals surface area contributed by atoms with Crippen LogP contribution in [0.2, 0.25) is 0 Å². The molecule has 2 N–H and O–H groups in total. The van der Waals surface area contributed by atoms with Gasteiger partial charge in [0.05, 0.1) is 0 Å². The lowest BCUT2D eigenvalue weighted by Gasteiger charge is -2.24. The van der Waals surface area contributed by atoms with Crippen molar-refractivity contribution < 1.29 is 9.84 Å². The van der Waals surface area contributed by atoms with Crippen LogP contribution in [0, 0.1) is 0 Å². The highest BCUT2D eigenvalue weighted by atomic mass is 16.5. The van der Waals surface area contributed by atoms with Crippen LogP contribution in [0.15, 0.2) is 0 Å². The standard InChI is InChI=1S/C11H26N2O2/c1-4-12-11(6-8-14)10-13(2)7-5-9-15-3/h11-12,14H,4-10H2,1-3H3. The molecular weight excluding hydrogens is 192 g/mol. The number of rotatable bonds is 10. The summed E-state index contributed by atoms with van der Waals surface area (Å²) in [5, 5.41) is 12.3. The average molecular weight is 218 g/mol. The Bertz CT molecular complexity index is 128. The smallest absolute Gasteiger partial charge is 0.0474 e. The minimum Gasteiger partial charge on any atom is -0.396 e. The van der Waals surface area contributed by atoms with Crippen LogP contribution in [-0.2, 0) is 4.74 Å². The molecule has 0 aromatic carbocycles. The minimum atomic E-state index is 0.254. The number of ether oxygens (including phenoxy) is 1. The van der Waals surface area contributed by atoms with Gasteiger partial charge in [0.25, 0.3) is 0 Å². The van der Waals surface area contributed by atoms with Gasteiger partial charge in [0.2, 0.25) is 0 Å². The zero-order valence-corrected chi connectivity index (χ0v) is 10.3. The van der Waals surface area contributed by atoms with Gasteiger partial charge in [-0.15, -0.1) is 0 Å². The fraction of sp³-hybridized carbons (Fsp3) is 1.00. The van der Waals surface area contributed by atoms with E-state index in [1.165, 1.54) is 0 Å². The Hall–Kier alpha value is -0.160. The van der Waals surface area contributed by atoms with Crippen molar-refractivity contribution in [1.82, 2.24) is 10.2 Å². The molecule has 0 spiro atoms. The maximum absolute atomic E-state index is 8.91. The van der Waals surface area contributed by atoms with E-state index in [0.29, 0.717) is 6.04 Å². The van der Waals surface area contributed by atoms with Crippen LogP contribution in [0.3, 0.4) is 0 Å². The highest BCUT2D eigenvalue weighted by Crippen LogP contribution is 1.96. The minimum absolute atomic E-state index is 0.254. The number of hydrogen-bond acceptors (Lipinski definition) is 4. The van der Waals surface area contributed by atoms with Crippen LogP contribution < -0.4 is 5.32 Å². The second-order valence-corrected chi connectivity index (χ2v) is 3.88. The molecule has 0 aromatic heterocycles. The maximum Gasteiger partial charge on any atom is 0.0474 e. The quantitative estimate of drug-likeness (QED) is 0.518. The summed E-state index contributed by atoms with van der Waals surface area (Å²) in [6, 6.07) is 0.396. The molecule has 0 saturated carbocycles. The Kier molecular flexibility index (Phi) is 10.3. The lowest BCUT2D eigenvalue weighted by Crippen LogP contribution is -2.40. The molecule has 1 unspecified atom stereocenters. The lowest BCUT2D eigenvalue weighted by atomic mass is 10.2. The monoisotopic (exact) mass is 218 g/mol. The van der Waals surface area contributed by atoms with Crippen LogP contribution in [-0.4, -0.2) is 63.1 Å². The molecule has 0 heterocycles. The van der Waals surface area contributed by atoms with Gasteiger partial charge >= 0.3 is 0 Å². The number of aliphatic hydroxyl groups is 1. The highest BCUT2D eigenvalue weighted by molar-refractivity contribution is 4.69. The Morgan fingerprint density at radius 2 is 2.20 bits per heavy atom. The first-order valence-electron chi connectivity index (χ1n) is 5.76. The van der Waals surface area contributed by atoms with Crippen molar-refractivity contribution in [2.75, 3.05) is 47.0 Å². The third-order valence-corrected chi connectivity index (χ3v) is 2.39. The Morgan fingerprint density at radius 1 is 1.47 bits per heavy atom. The number of methoxy groups -OCH3 is 1. The molecular formula is C11H26N2O2. The van der Waals surface area contributed by atoms with Gasteiger partial charge in [-0.2, -0.15) is 0 Å². The molecule has 0 fully saturated rings. The van der Waals surface area contributed by atoms with E-state index >= 15 is 0 Å². The van der Waals surface area contributed by atoms with E-state index in [1.54, 1.807) is 7.11 Å². The van der Waals surface area contributed by atoms with Gasteiger partial charge in [-0.1, -0.05) is 6.92 Å². The molecule has 0 radical (unpaired) electrons. The van der Waals surface area contributed by atoms with Gasteiger partial charge in [0.1, 0.15) is 0 Å². The van der Waals surface area contributed by atoms with E-state index in [0.717, 1.165) is 39.1 Å². The summed E-state index contributed by atoms with van der Waals surface area (Å²) in [6.45, 7) is 6.14.